The SMILES string of the molecule is Cc1cc2nnc(C(=O)N3CC4CN(S(=O)(=O)c5ccc(-c6c(-c7ccccc7)noc6C)cc5)CC4C3)c(C)n2n1. The average Bonchev–Trinajstić information content (AvgIpc) is 3.76. The first kappa shape index (κ1) is 26.5. The molecule has 5 heterocycles. The van der Waals surface area contributed by atoms with Crippen LogP contribution in [0.3, 0.4) is 0 Å². The van der Waals surface area contributed by atoms with Crippen LogP contribution in [0, 0.1) is 32.6 Å². The summed E-state index contributed by atoms with van der Waals surface area (Å²) in [7, 11) is -3.70. The molecule has 2 atom stereocenters. The van der Waals surface area contributed by atoms with Gasteiger partial charge in [-0.1, -0.05) is 47.6 Å². The van der Waals surface area contributed by atoms with Gasteiger partial charge in [0.15, 0.2) is 11.3 Å². The Bertz CT molecular complexity index is 1920. The summed E-state index contributed by atoms with van der Waals surface area (Å²) in [6.45, 7) is 7.20. The van der Waals surface area contributed by atoms with E-state index in [1.165, 1.54) is 0 Å². The van der Waals surface area contributed by atoms with E-state index in [1.807, 2.05) is 57.2 Å². The summed E-state index contributed by atoms with van der Waals surface area (Å²) in [5.41, 5.74) is 5.63. The number of amides is 1. The fourth-order valence-electron chi connectivity index (χ4n) is 6.19. The normalized spacial score (nSPS) is 19.1. The number of likely N-dealkylation sites (tertiary alicyclic amines) is 1. The molecule has 42 heavy (non-hydrogen) atoms. The Morgan fingerprint density at radius 3 is 2.26 bits per heavy atom. The molecule has 2 aliphatic heterocycles. The van der Waals surface area contributed by atoms with Crippen LogP contribution in [0.15, 0.2) is 70.1 Å². The molecule has 0 aliphatic carbocycles. The zero-order valence-corrected chi connectivity index (χ0v) is 24.2. The lowest BCUT2D eigenvalue weighted by molar-refractivity contribution is 0.0770. The van der Waals surface area contributed by atoms with Crippen LogP contribution in [0.5, 0.6) is 0 Å². The van der Waals surface area contributed by atoms with Crippen molar-refractivity contribution in [2.24, 2.45) is 11.8 Å². The van der Waals surface area contributed by atoms with Crippen LogP contribution in [0.1, 0.15) is 27.6 Å². The van der Waals surface area contributed by atoms with Crippen molar-refractivity contribution in [3.63, 3.8) is 0 Å². The fraction of sp³-hybridized carbons (Fsp3) is 0.300. The largest absolute Gasteiger partial charge is 0.360 e. The van der Waals surface area contributed by atoms with Crippen molar-refractivity contribution in [3.8, 4) is 22.4 Å². The highest BCUT2D eigenvalue weighted by Gasteiger charge is 2.46. The number of carbonyl (C=O) groups is 1. The van der Waals surface area contributed by atoms with E-state index < -0.39 is 10.0 Å². The van der Waals surface area contributed by atoms with Crippen LogP contribution in [0.2, 0.25) is 0 Å². The van der Waals surface area contributed by atoms with Gasteiger partial charge in [-0.3, -0.25) is 4.79 Å². The van der Waals surface area contributed by atoms with Crippen molar-refractivity contribution in [1.29, 1.82) is 0 Å². The highest BCUT2D eigenvalue weighted by atomic mass is 32.2. The molecule has 12 heteroatoms. The van der Waals surface area contributed by atoms with Gasteiger partial charge in [-0.15, -0.1) is 10.2 Å². The molecule has 2 saturated heterocycles. The Balaban J connectivity index is 1.06. The lowest BCUT2D eigenvalue weighted by Gasteiger charge is -2.22. The average molecular weight is 584 g/mol. The van der Waals surface area contributed by atoms with E-state index in [9.17, 15) is 13.2 Å². The Labute approximate surface area is 242 Å². The van der Waals surface area contributed by atoms with E-state index >= 15 is 0 Å². The van der Waals surface area contributed by atoms with Gasteiger partial charge in [-0.25, -0.2) is 12.9 Å². The number of benzene rings is 2. The summed E-state index contributed by atoms with van der Waals surface area (Å²) >= 11 is 0. The Morgan fingerprint density at radius 1 is 0.881 bits per heavy atom. The van der Waals surface area contributed by atoms with E-state index in [2.05, 4.69) is 20.5 Å². The number of aryl methyl sites for hydroxylation is 3. The second kappa shape index (κ2) is 9.85. The molecule has 1 amide bonds. The molecule has 0 radical (unpaired) electrons. The Hall–Kier alpha value is -4.42. The molecule has 2 aromatic carbocycles. The molecule has 2 aliphatic rings. The molecular weight excluding hydrogens is 554 g/mol. The lowest BCUT2D eigenvalue weighted by Crippen LogP contribution is -2.36. The van der Waals surface area contributed by atoms with Gasteiger partial charge in [0.1, 0.15) is 11.5 Å². The minimum absolute atomic E-state index is 0.0556. The summed E-state index contributed by atoms with van der Waals surface area (Å²) < 4.78 is 35.9. The van der Waals surface area contributed by atoms with E-state index in [0.29, 0.717) is 43.3 Å². The third-order valence-electron chi connectivity index (χ3n) is 8.36. The van der Waals surface area contributed by atoms with E-state index in [-0.39, 0.29) is 28.3 Å². The quantitative estimate of drug-likeness (QED) is 0.306. The number of sulfonamides is 1. The molecule has 3 aromatic heterocycles. The van der Waals surface area contributed by atoms with E-state index in [4.69, 9.17) is 4.52 Å². The highest BCUT2D eigenvalue weighted by molar-refractivity contribution is 7.89. The molecule has 7 rings (SSSR count). The van der Waals surface area contributed by atoms with Gasteiger partial charge in [-0.2, -0.15) is 9.40 Å². The second-order valence-electron chi connectivity index (χ2n) is 11.1. The van der Waals surface area contributed by atoms with Crippen molar-refractivity contribution in [2.45, 2.75) is 25.7 Å². The van der Waals surface area contributed by atoms with Crippen LogP contribution in [-0.2, 0) is 10.0 Å². The van der Waals surface area contributed by atoms with Crippen molar-refractivity contribution in [2.75, 3.05) is 26.2 Å². The number of aromatic nitrogens is 5. The third-order valence-corrected chi connectivity index (χ3v) is 10.2. The molecule has 11 nitrogen and oxygen atoms in total. The zero-order chi connectivity index (χ0) is 29.2. The number of hydrogen-bond donors (Lipinski definition) is 0. The smallest absolute Gasteiger partial charge is 0.276 e. The molecule has 2 fully saturated rings. The first-order valence-electron chi connectivity index (χ1n) is 13.8. The first-order chi connectivity index (χ1) is 20.2. The second-order valence-corrected chi connectivity index (χ2v) is 13.0. The van der Waals surface area contributed by atoms with Crippen LogP contribution < -0.4 is 0 Å². The number of nitrogens with zero attached hydrogens (tertiary/aromatic N) is 7. The van der Waals surface area contributed by atoms with Crippen molar-refractivity contribution < 1.29 is 17.7 Å². The van der Waals surface area contributed by atoms with Gasteiger partial charge in [-0.05, 0) is 50.3 Å². The van der Waals surface area contributed by atoms with Crippen molar-refractivity contribution in [3.05, 3.63) is 83.5 Å². The highest BCUT2D eigenvalue weighted by Crippen LogP contribution is 2.37. The van der Waals surface area contributed by atoms with E-state index in [1.54, 1.807) is 38.0 Å². The van der Waals surface area contributed by atoms with Crippen molar-refractivity contribution >= 4 is 21.6 Å². The van der Waals surface area contributed by atoms with Gasteiger partial charge < -0.3 is 9.42 Å². The van der Waals surface area contributed by atoms with Crippen LogP contribution >= 0.6 is 0 Å². The predicted octanol–water partition coefficient (Wildman–Crippen LogP) is 3.76. The van der Waals surface area contributed by atoms with Gasteiger partial charge in [0.25, 0.3) is 5.91 Å². The first-order valence-corrected chi connectivity index (χ1v) is 15.3. The number of fused-ring (bicyclic) bond motifs is 2. The Kier molecular flexibility index (Phi) is 6.21. The predicted molar refractivity (Wildman–Crippen MR) is 154 cm³/mol. The van der Waals surface area contributed by atoms with Crippen LogP contribution in [-0.4, -0.2) is 74.7 Å². The van der Waals surface area contributed by atoms with Crippen molar-refractivity contribution in [1.82, 2.24) is 34.2 Å². The van der Waals surface area contributed by atoms with Gasteiger partial charge in [0.05, 0.1) is 21.8 Å². The lowest BCUT2D eigenvalue weighted by atomic mass is 10.00. The maximum Gasteiger partial charge on any atom is 0.276 e. The van der Waals surface area contributed by atoms with Gasteiger partial charge in [0, 0.05) is 37.8 Å². The molecule has 0 spiro atoms. The maximum absolute atomic E-state index is 13.6. The standard InChI is InChI=1S/C30H29N7O4S/c1-18-13-26-31-32-28(19(2)37(26)33-18)30(38)35-14-23-16-36(17-24(23)15-35)42(39,40)25-11-9-21(10-12-25)27-20(3)41-34-29(27)22-7-5-4-6-8-22/h4-13,23-24H,14-17H2,1-3H3. The minimum atomic E-state index is -3.70. The molecule has 2 unspecified atom stereocenters. The maximum atomic E-state index is 13.6. The van der Waals surface area contributed by atoms with E-state index in [0.717, 1.165) is 28.1 Å². The molecule has 0 N–H and O–H groups in total. The molecule has 0 saturated carbocycles. The summed E-state index contributed by atoms with van der Waals surface area (Å²) in [5, 5.41) is 17.0. The molecule has 5 aromatic rings. The number of carbonyl (C=O) groups excluding carboxylic acids is 1. The monoisotopic (exact) mass is 583 g/mol. The number of rotatable bonds is 5. The Morgan fingerprint density at radius 2 is 1.57 bits per heavy atom. The molecular formula is C30H29N7O4S. The summed E-state index contributed by atoms with van der Waals surface area (Å²) in [6.07, 6.45) is 0. The topological polar surface area (TPSA) is 127 Å². The van der Waals surface area contributed by atoms with Gasteiger partial charge in [0.2, 0.25) is 10.0 Å². The van der Waals surface area contributed by atoms with Crippen LogP contribution in [0.4, 0.5) is 0 Å². The zero-order valence-electron chi connectivity index (χ0n) is 23.4. The summed E-state index contributed by atoms with van der Waals surface area (Å²) in [5.74, 6) is 0.574. The van der Waals surface area contributed by atoms with Crippen LogP contribution in [0.25, 0.3) is 28.0 Å². The summed E-state index contributed by atoms with van der Waals surface area (Å²) in [6, 6.07) is 18.5. The molecule has 0 bridgehead atoms. The number of hydrogen-bond acceptors (Lipinski definition) is 8. The minimum Gasteiger partial charge on any atom is -0.360 e. The summed E-state index contributed by atoms with van der Waals surface area (Å²) in [4.78, 5) is 15.4. The molecule has 214 valence electrons. The third kappa shape index (κ3) is 4.29. The van der Waals surface area contributed by atoms with Gasteiger partial charge >= 0.3 is 0 Å². The fourth-order valence-corrected chi connectivity index (χ4v) is 7.74.